The first-order valence-electron chi connectivity index (χ1n) is 5.44. The molecule has 0 saturated carbocycles. The number of nitrogens with zero attached hydrogens (tertiary/aromatic N) is 3. The third-order valence-electron chi connectivity index (χ3n) is 2.22. The molecule has 0 aromatic carbocycles. The van der Waals surface area contributed by atoms with E-state index in [-0.39, 0.29) is 11.6 Å². The molecule has 18 heavy (non-hydrogen) atoms. The lowest BCUT2D eigenvalue weighted by Gasteiger charge is -2.09. The molecule has 0 fully saturated rings. The average Bonchev–Trinajstić information content (AvgIpc) is 2.34. The van der Waals surface area contributed by atoms with Crippen molar-refractivity contribution in [1.82, 2.24) is 9.88 Å². The molecule has 1 aromatic heterocycles. The Bertz CT molecular complexity index is 420. The molecule has 0 spiro atoms. The van der Waals surface area contributed by atoms with E-state index in [0.29, 0.717) is 6.42 Å². The van der Waals surface area contributed by atoms with Gasteiger partial charge in [0.25, 0.3) is 5.69 Å². The van der Waals surface area contributed by atoms with Crippen LogP contribution in [0.2, 0.25) is 0 Å². The fraction of sp³-hybridized carbons (Fsp3) is 0.455. The molecule has 6 nitrogen and oxygen atoms in total. The summed E-state index contributed by atoms with van der Waals surface area (Å²) in [6.45, 7) is 0. The van der Waals surface area contributed by atoms with Crippen LogP contribution in [0.1, 0.15) is 12.8 Å². The van der Waals surface area contributed by atoms with E-state index in [2.05, 4.69) is 4.98 Å². The van der Waals surface area contributed by atoms with Gasteiger partial charge in [0.05, 0.1) is 9.95 Å². The smallest absolute Gasteiger partial charge is 0.287 e. The Kier molecular flexibility index (Phi) is 5.57. The van der Waals surface area contributed by atoms with Gasteiger partial charge in [0.15, 0.2) is 0 Å². The van der Waals surface area contributed by atoms with Gasteiger partial charge in [0.1, 0.15) is 6.20 Å². The van der Waals surface area contributed by atoms with Crippen LogP contribution in [0, 0.1) is 10.1 Å². The van der Waals surface area contributed by atoms with Crippen LogP contribution in [-0.4, -0.2) is 40.6 Å². The summed E-state index contributed by atoms with van der Waals surface area (Å²) in [4.78, 5) is 26.8. The van der Waals surface area contributed by atoms with Gasteiger partial charge >= 0.3 is 0 Å². The maximum Gasteiger partial charge on any atom is 0.287 e. The van der Waals surface area contributed by atoms with Crippen molar-refractivity contribution in [3.63, 3.8) is 0 Å². The SMILES string of the molecule is CN(C)C(=O)CCCSc1ccc([N+](=O)[O-])cn1. The number of pyridine rings is 1. The maximum absolute atomic E-state index is 11.3. The molecule has 0 saturated heterocycles. The van der Waals surface area contributed by atoms with E-state index in [1.807, 2.05) is 0 Å². The number of hydrogen-bond acceptors (Lipinski definition) is 5. The van der Waals surface area contributed by atoms with E-state index in [1.165, 1.54) is 24.0 Å². The second-order valence-corrected chi connectivity index (χ2v) is 4.97. The lowest BCUT2D eigenvalue weighted by Crippen LogP contribution is -2.21. The summed E-state index contributed by atoms with van der Waals surface area (Å²) in [5, 5.41) is 11.2. The van der Waals surface area contributed by atoms with Gasteiger partial charge in [-0.05, 0) is 18.2 Å². The van der Waals surface area contributed by atoms with E-state index in [9.17, 15) is 14.9 Å². The number of amides is 1. The largest absolute Gasteiger partial charge is 0.349 e. The minimum absolute atomic E-state index is 0.0119. The molecule has 1 heterocycles. The molecule has 0 bridgehead atoms. The van der Waals surface area contributed by atoms with E-state index in [4.69, 9.17) is 0 Å². The highest BCUT2D eigenvalue weighted by molar-refractivity contribution is 7.99. The van der Waals surface area contributed by atoms with E-state index in [0.717, 1.165) is 17.2 Å². The average molecular weight is 269 g/mol. The van der Waals surface area contributed by atoms with Crippen LogP contribution in [0.5, 0.6) is 0 Å². The highest BCUT2D eigenvalue weighted by Gasteiger charge is 2.06. The number of thioether (sulfide) groups is 1. The second-order valence-electron chi connectivity index (χ2n) is 3.85. The molecular weight excluding hydrogens is 254 g/mol. The van der Waals surface area contributed by atoms with Gasteiger partial charge in [-0.1, -0.05) is 0 Å². The van der Waals surface area contributed by atoms with Crippen LogP contribution in [0.4, 0.5) is 5.69 Å². The summed E-state index contributed by atoms with van der Waals surface area (Å²) in [5.74, 6) is 0.872. The molecule has 0 radical (unpaired) electrons. The number of nitro groups is 1. The molecule has 0 atom stereocenters. The molecule has 1 aromatic rings. The van der Waals surface area contributed by atoms with Gasteiger partial charge in [-0.25, -0.2) is 4.98 Å². The highest BCUT2D eigenvalue weighted by atomic mass is 32.2. The van der Waals surface area contributed by atoms with Crippen molar-refractivity contribution in [3.05, 3.63) is 28.4 Å². The van der Waals surface area contributed by atoms with Gasteiger partial charge in [-0.3, -0.25) is 14.9 Å². The van der Waals surface area contributed by atoms with E-state index >= 15 is 0 Å². The Hall–Kier alpha value is -1.63. The fourth-order valence-electron chi connectivity index (χ4n) is 1.19. The predicted octanol–water partition coefficient (Wildman–Crippen LogP) is 1.95. The normalized spacial score (nSPS) is 10.1. The zero-order valence-corrected chi connectivity index (χ0v) is 11.1. The van der Waals surface area contributed by atoms with Gasteiger partial charge in [0.2, 0.25) is 5.91 Å². The highest BCUT2D eigenvalue weighted by Crippen LogP contribution is 2.19. The van der Waals surface area contributed by atoms with Crippen LogP contribution >= 0.6 is 11.8 Å². The predicted molar refractivity (Wildman–Crippen MR) is 69.5 cm³/mol. The summed E-state index contributed by atoms with van der Waals surface area (Å²) in [5.41, 5.74) is -0.0119. The molecule has 0 aliphatic rings. The van der Waals surface area contributed by atoms with Gasteiger partial charge < -0.3 is 4.90 Å². The van der Waals surface area contributed by atoms with Crippen LogP contribution in [0.3, 0.4) is 0 Å². The molecule has 1 rings (SSSR count). The monoisotopic (exact) mass is 269 g/mol. The first-order valence-corrected chi connectivity index (χ1v) is 6.42. The number of carbonyl (C=O) groups excluding carboxylic acids is 1. The lowest BCUT2D eigenvalue weighted by atomic mass is 10.3. The first kappa shape index (κ1) is 14.4. The fourth-order valence-corrected chi connectivity index (χ4v) is 1.98. The van der Waals surface area contributed by atoms with Crippen molar-refractivity contribution in [3.8, 4) is 0 Å². The Morgan fingerprint density at radius 1 is 1.50 bits per heavy atom. The zero-order chi connectivity index (χ0) is 13.5. The Morgan fingerprint density at radius 3 is 2.72 bits per heavy atom. The molecule has 7 heteroatoms. The van der Waals surface area contributed by atoms with Crippen molar-refractivity contribution < 1.29 is 9.72 Å². The van der Waals surface area contributed by atoms with Crippen molar-refractivity contribution in [1.29, 1.82) is 0 Å². The van der Waals surface area contributed by atoms with Crippen LogP contribution in [-0.2, 0) is 4.79 Å². The van der Waals surface area contributed by atoms with Crippen LogP contribution in [0.25, 0.3) is 0 Å². The minimum Gasteiger partial charge on any atom is -0.349 e. The topological polar surface area (TPSA) is 76.3 Å². The molecule has 0 aliphatic heterocycles. The number of rotatable bonds is 6. The summed E-state index contributed by atoms with van der Waals surface area (Å²) in [7, 11) is 3.46. The lowest BCUT2D eigenvalue weighted by molar-refractivity contribution is -0.385. The summed E-state index contributed by atoms with van der Waals surface area (Å²) in [6, 6.07) is 3.05. The summed E-state index contributed by atoms with van der Waals surface area (Å²) >= 11 is 1.49. The number of aromatic nitrogens is 1. The van der Waals surface area contributed by atoms with E-state index < -0.39 is 4.92 Å². The van der Waals surface area contributed by atoms with Crippen molar-refractivity contribution in [2.75, 3.05) is 19.8 Å². The number of carbonyl (C=O) groups is 1. The van der Waals surface area contributed by atoms with Crippen molar-refractivity contribution >= 4 is 23.4 Å². The van der Waals surface area contributed by atoms with Gasteiger partial charge in [-0.15, -0.1) is 11.8 Å². The Balaban J connectivity index is 2.31. The van der Waals surface area contributed by atoms with Crippen LogP contribution in [0.15, 0.2) is 23.4 Å². The molecule has 0 N–H and O–H groups in total. The van der Waals surface area contributed by atoms with Crippen molar-refractivity contribution in [2.24, 2.45) is 0 Å². The van der Waals surface area contributed by atoms with E-state index in [1.54, 1.807) is 25.1 Å². The Labute approximate surface area is 110 Å². The molecule has 0 unspecified atom stereocenters. The summed E-state index contributed by atoms with van der Waals surface area (Å²) in [6.07, 6.45) is 2.51. The number of hydrogen-bond donors (Lipinski definition) is 0. The third kappa shape index (κ3) is 4.70. The first-order chi connectivity index (χ1) is 8.50. The second kappa shape index (κ2) is 6.95. The maximum atomic E-state index is 11.3. The standard InChI is InChI=1S/C11H15N3O3S/c1-13(2)11(15)4-3-7-18-10-6-5-9(8-12-10)14(16)17/h5-6,8H,3-4,7H2,1-2H3. The summed E-state index contributed by atoms with van der Waals surface area (Å²) < 4.78 is 0. The van der Waals surface area contributed by atoms with Crippen LogP contribution < -0.4 is 0 Å². The molecule has 0 aliphatic carbocycles. The van der Waals surface area contributed by atoms with Gasteiger partial charge in [-0.2, -0.15) is 0 Å². The third-order valence-corrected chi connectivity index (χ3v) is 3.25. The molecule has 1 amide bonds. The quantitative estimate of drug-likeness (QED) is 0.341. The Morgan fingerprint density at radius 2 is 2.22 bits per heavy atom. The van der Waals surface area contributed by atoms with Crippen molar-refractivity contribution in [2.45, 2.75) is 17.9 Å². The zero-order valence-electron chi connectivity index (χ0n) is 10.3. The van der Waals surface area contributed by atoms with Gasteiger partial charge in [0, 0.05) is 26.6 Å². The minimum atomic E-state index is -0.475. The molecular formula is C11H15N3O3S. The molecule has 98 valence electrons.